The minimum Gasteiger partial charge on any atom is -0.402 e. The van der Waals surface area contributed by atoms with Crippen LogP contribution in [0, 0.1) is 22.9 Å². The lowest BCUT2D eigenvalue weighted by Crippen LogP contribution is -2.27. The molecular formula is C25H16F6N4O5. The fourth-order valence-electron chi connectivity index (χ4n) is 2.79. The fraction of sp³-hybridized carbons (Fsp3) is 0.160. The van der Waals surface area contributed by atoms with Crippen LogP contribution < -0.4 is 9.80 Å². The van der Waals surface area contributed by atoms with E-state index in [4.69, 9.17) is 0 Å². The molecule has 0 bridgehead atoms. The van der Waals surface area contributed by atoms with Gasteiger partial charge in [-0.3, -0.25) is 9.59 Å². The molecule has 0 aromatic heterocycles. The third-order valence-corrected chi connectivity index (χ3v) is 4.85. The summed E-state index contributed by atoms with van der Waals surface area (Å²) in [6.45, 7) is 2.26. The van der Waals surface area contributed by atoms with Gasteiger partial charge in [-0.1, -0.05) is 0 Å². The average molecular weight is 566 g/mol. The van der Waals surface area contributed by atoms with E-state index in [1.54, 1.807) is 0 Å². The van der Waals surface area contributed by atoms with Crippen LogP contribution in [0.1, 0.15) is 25.0 Å². The number of benzene rings is 2. The number of nitriles is 2. The SMILES string of the molecule is CC(=COC(=O)OC=C(C)C(=O)N(C#N)c1ccc(C(F)(F)F)cc1)C(=O)N(C#N)c1ccc(C(F)(F)F)cc1. The largest absolute Gasteiger partial charge is 0.518 e. The number of hydrogen-bond acceptors (Lipinski definition) is 7. The van der Waals surface area contributed by atoms with Crippen LogP contribution in [0.3, 0.4) is 0 Å². The van der Waals surface area contributed by atoms with Gasteiger partial charge in [-0.05, 0) is 62.4 Å². The highest BCUT2D eigenvalue weighted by atomic mass is 19.4. The van der Waals surface area contributed by atoms with Gasteiger partial charge in [0.1, 0.15) is 12.5 Å². The third kappa shape index (κ3) is 7.84. The molecule has 0 unspecified atom stereocenters. The number of anilines is 2. The topological polar surface area (TPSA) is 124 Å². The van der Waals surface area contributed by atoms with Gasteiger partial charge >= 0.3 is 18.5 Å². The maximum absolute atomic E-state index is 12.7. The molecule has 15 heteroatoms. The fourth-order valence-corrected chi connectivity index (χ4v) is 2.79. The van der Waals surface area contributed by atoms with Gasteiger partial charge < -0.3 is 9.47 Å². The summed E-state index contributed by atoms with van der Waals surface area (Å²) in [5.41, 5.74) is -3.06. The molecule has 2 amide bonds. The second-order valence-corrected chi connectivity index (χ2v) is 7.66. The van der Waals surface area contributed by atoms with Crippen molar-refractivity contribution in [1.29, 1.82) is 10.5 Å². The average Bonchev–Trinajstić information content (AvgIpc) is 2.90. The molecule has 0 spiro atoms. The Balaban J connectivity index is 2.04. The van der Waals surface area contributed by atoms with Crippen LogP contribution in [0.2, 0.25) is 0 Å². The van der Waals surface area contributed by atoms with Gasteiger partial charge in [-0.25, -0.2) is 14.6 Å². The molecule has 2 aromatic rings. The molecule has 0 aliphatic heterocycles. The number of carbonyl (C=O) groups is 3. The molecule has 0 saturated heterocycles. The number of ether oxygens (including phenoxy) is 2. The number of alkyl halides is 6. The van der Waals surface area contributed by atoms with E-state index in [-0.39, 0.29) is 22.5 Å². The van der Waals surface area contributed by atoms with Crippen LogP contribution in [0.5, 0.6) is 0 Å². The van der Waals surface area contributed by atoms with Crippen molar-refractivity contribution in [3.63, 3.8) is 0 Å². The number of rotatable bonds is 6. The first-order valence-electron chi connectivity index (χ1n) is 10.6. The van der Waals surface area contributed by atoms with E-state index in [0.717, 1.165) is 38.1 Å². The molecule has 0 radical (unpaired) electrons. The van der Waals surface area contributed by atoms with Crippen molar-refractivity contribution in [2.45, 2.75) is 26.2 Å². The number of nitrogens with zero attached hydrogens (tertiary/aromatic N) is 4. The van der Waals surface area contributed by atoms with Crippen LogP contribution in [0.4, 0.5) is 42.5 Å². The molecule has 0 aliphatic carbocycles. The Bertz CT molecular complexity index is 1310. The maximum Gasteiger partial charge on any atom is 0.518 e. The van der Waals surface area contributed by atoms with Crippen molar-refractivity contribution in [3.8, 4) is 12.4 Å². The molecule has 40 heavy (non-hydrogen) atoms. The Hall–Kier alpha value is -5.31. The van der Waals surface area contributed by atoms with Crippen LogP contribution in [0.15, 0.2) is 72.2 Å². The lowest BCUT2D eigenvalue weighted by molar-refractivity contribution is -0.138. The van der Waals surface area contributed by atoms with Crippen molar-refractivity contribution in [2.24, 2.45) is 0 Å². The van der Waals surface area contributed by atoms with Crippen LogP contribution in [-0.2, 0) is 31.4 Å². The monoisotopic (exact) mass is 566 g/mol. The second kappa shape index (κ2) is 12.5. The second-order valence-electron chi connectivity index (χ2n) is 7.66. The molecule has 0 atom stereocenters. The first kappa shape index (κ1) is 30.9. The van der Waals surface area contributed by atoms with E-state index in [0.29, 0.717) is 46.6 Å². The Morgan fingerprint density at radius 1 is 0.675 bits per heavy atom. The summed E-state index contributed by atoms with van der Waals surface area (Å²) < 4.78 is 85.5. The number of amides is 2. The Morgan fingerprint density at radius 3 is 1.23 bits per heavy atom. The lowest BCUT2D eigenvalue weighted by atomic mass is 10.2. The Morgan fingerprint density at radius 2 is 0.975 bits per heavy atom. The third-order valence-electron chi connectivity index (χ3n) is 4.85. The van der Waals surface area contributed by atoms with Crippen LogP contribution >= 0.6 is 0 Å². The molecule has 208 valence electrons. The van der Waals surface area contributed by atoms with Gasteiger partial charge in [-0.15, -0.1) is 0 Å². The Kier molecular flexibility index (Phi) is 9.65. The number of halogens is 6. The molecule has 0 aliphatic rings. The molecule has 0 N–H and O–H groups in total. The Labute approximate surface area is 222 Å². The van der Waals surface area contributed by atoms with Gasteiger partial charge in [0.05, 0.1) is 33.6 Å². The predicted molar refractivity (Wildman–Crippen MR) is 124 cm³/mol. The molecule has 0 saturated carbocycles. The summed E-state index contributed by atoms with van der Waals surface area (Å²) in [7, 11) is 0. The first-order valence-corrected chi connectivity index (χ1v) is 10.6. The van der Waals surface area contributed by atoms with E-state index in [2.05, 4.69) is 9.47 Å². The van der Waals surface area contributed by atoms with Gasteiger partial charge in [0.25, 0.3) is 11.8 Å². The first-order chi connectivity index (χ1) is 18.6. The molecule has 0 fully saturated rings. The molecule has 2 aromatic carbocycles. The highest BCUT2D eigenvalue weighted by molar-refractivity contribution is 6.07. The highest BCUT2D eigenvalue weighted by Crippen LogP contribution is 2.31. The summed E-state index contributed by atoms with van der Waals surface area (Å²) in [5.74, 6) is -2.09. The summed E-state index contributed by atoms with van der Waals surface area (Å²) in [6, 6.07) is 6.25. The van der Waals surface area contributed by atoms with E-state index >= 15 is 0 Å². The molecule has 9 nitrogen and oxygen atoms in total. The van der Waals surface area contributed by atoms with Crippen LogP contribution in [-0.4, -0.2) is 18.0 Å². The van der Waals surface area contributed by atoms with Gasteiger partial charge in [0.15, 0.2) is 12.4 Å². The van der Waals surface area contributed by atoms with Crippen LogP contribution in [0.25, 0.3) is 0 Å². The summed E-state index contributed by atoms with van der Waals surface area (Å²) >= 11 is 0. The van der Waals surface area contributed by atoms with Crippen molar-refractivity contribution in [3.05, 3.63) is 83.3 Å². The zero-order chi connectivity index (χ0) is 30.3. The quantitative estimate of drug-likeness (QED) is 0.105. The molecular weight excluding hydrogens is 550 g/mol. The van der Waals surface area contributed by atoms with Gasteiger partial charge in [0.2, 0.25) is 0 Å². The van der Waals surface area contributed by atoms with Crippen molar-refractivity contribution in [2.75, 3.05) is 9.80 Å². The normalized spacial score (nSPS) is 12.1. The van der Waals surface area contributed by atoms with E-state index < -0.39 is 41.4 Å². The predicted octanol–water partition coefficient (Wildman–Crippen LogP) is 6.01. The zero-order valence-electron chi connectivity index (χ0n) is 20.4. The maximum atomic E-state index is 12.7. The standard InChI is InChI=1S/C25H16F6N4O5/c1-15(21(36)34(13-32)19-7-3-17(4-8-19)24(26,27)28)11-39-23(38)40-12-16(2)22(37)35(14-33)20-9-5-18(6-10-20)25(29,30)31/h3-12H,1-2H3. The van der Waals surface area contributed by atoms with E-state index in [1.165, 1.54) is 12.4 Å². The van der Waals surface area contributed by atoms with Crippen molar-refractivity contribution < 1.29 is 50.2 Å². The molecule has 0 heterocycles. The summed E-state index contributed by atoms with van der Waals surface area (Å²) in [5, 5.41) is 18.5. The minimum absolute atomic E-state index is 0.192. The van der Waals surface area contributed by atoms with Gasteiger partial charge in [-0.2, -0.15) is 36.9 Å². The highest BCUT2D eigenvalue weighted by Gasteiger charge is 2.31. The van der Waals surface area contributed by atoms with E-state index in [9.17, 15) is 51.2 Å². The summed E-state index contributed by atoms with van der Waals surface area (Å²) in [6.07, 6.45) is -6.55. The van der Waals surface area contributed by atoms with Crippen molar-refractivity contribution in [1.82, 2.24) is 0 Å². The minimum atomic E-state index is -4.63. The van der Waals surface area contributed by atoms with Crippen molar-refractivity contribution >= 4 is 29.3 Å². The zero-order valence-corrected chi connectivity index (χ0v) is 20.4. The smallest absolute Gasteiger partial charge is 0.402 e. The number of carbonyl (C=O) groups excluding carboxylic acids is 3. The van der Waals surface area contributed by atoms with E-state index in [1.807, 2.05) is 0 Å². The van der Waals surface area contributed by atoms with Gasteiger partial charge in [0, 0.05) is 0 Å². The molecule has 2 rings (SSSR count). The lowest BCUT2D eigenvalue weighted by Gasteiger charge is -2.15. The summed E-state index contributed by atoms with van der Waals surface area (Å²) in [4.78, 5) is 37.7. The number of hydrogen-bond donors (Lipinski definition) is 0.